The van der Waals surface area contributed by atoms with Gasteiger partial charge in [0.25, 0.3) is 0 Å². The van der Waals surface area contributed by atoms with Crippen molar-refractivity contribution in [2.45, 2.75) is 64.0 Å². The van der Waals surface area contributed by atoms with Gasteiger partial charge < -0.3 is 16.0 Å². The third-order valence-electron chi connectivity index (χ3n) is 5.18. The Bertz CT molecular complexity index is 570. The van der Waals surface area contributed by atoms with E-state index in [4.69, 9.17) is 5.73 Å². The topological polar surface area (TPSA) is 75.4 Å². The van der Waals surface area contributed by atoms with Crippen LogP contribution in [-0.4, -0.2) is 35.3 Å². The monoisotopic (exact) mass is 381 g/mol. The molecular weight excluding hydrogens is 350 g/mol. The number of hydrogen-bond acceptors (Lipinski definition) is 3. The van der Waals surface area contributed by atoms with Gasteiger partial charge in [-0.05, 0) is 32.3 Å². The molecule has 146 valence electrons. The number of rotatable bonds is 7. The molecule has 1 aliphatic rings. The largest absolute Gasteiger partial charge is 0.342 e. The van der Waals surface area contributed by atoms with Gasteiger partial charge in [-0.3, -0.25) is 9.59 Å². The summed E-state index contributed by atoms with van der Waals surface area (Å²) in [5, 5.41) is 3.07. The average molecular weight is 382 g/mol. The minimum Gasteiger partial charge on any atom is -0.342 e. The highest BCUT2D eigenvalue weighted by Gasteiger charge is 2.42. The minimum atomic E-state index is -0.752. The lowest BCUT2D eigenvalue weighted by molar-refractivity contribution is -0.143. The summed E-state index contributed by atoms with van der Waals surface area (Å²) in [6.45, 7) is 5.28. The van der Waals surface area contributed by atoms with Gasteiger partial charge in [-0.2, -0.15) is 0 Å². The van der Waals surface area contributed by atoms with Crippen LogP contribution in [0.15, 0.2) is 30.3 Å². The predicted molar refractivity (Wildman–Crippen MR) is 107 cm³/mol. The molecule has 0 aromatic heterocycles. The van der Waals surface area contributed by atoms with Crippen LogP contribution in [0.3, 0.4) is 0 Å². The molecule has 1 unspecified atom stereocenters. The van der Waals surface area contributed by atoms with E-state index in [0.29, 0.717) is 25.9 Å². The Balaban J connectivity index is 0.00000338. The summed E-state index contributed by atoms with van der Waals surface area (Å²) in [6.07, 6.45) is 4.68. The molecule has 6 heteroatoms. The van der Waals surface area contributed by atoms with E-state index in [9.17, 15) is 9.59 Å². The van der Waals surface area contributed by atoms with Crippen molar-refractivity contribution < 1.29 is 9.59 Å². The molecule has 1 atom stereocenters. The minimum absolute atomic E-state index is 0. The van der Waals surface area contributed by atoms with Crippen molar-refractivity contribution in [1.82, 2.24) is 10.2 Å². The first-order valence-electron chi connectivity index (χ1n) is 9.43. The number of nitrogens with two attached hydrogens (primary N) is 1. The summed E-state index contributed by atoms with van der Waals surface area (Å²) >= 11 is 0. The molecule has 0 bridgehead atoms. The summed E-state index contributed by atoms with van der Waals surface area (Å²) < 4.78 is 0. The van der Waals surface area contributed by atoms with Gasteiger partial charge in [0.15, 0.2) is 0 Å². The summed E-state index contributed by atoms with van der Waals surface area (Å²) in [4.78, 5) is 27.5. The number of nitrogens with one attached hydrogen (secondary N) is 1. The van der Waals surface area contributed by atoms with Gasteiger partial charge in [0.05, 0.1) is 0 Å². The molecule has 1 aromatic rings. The average Bonchev–Trinajstić information content (AvgIpc) is 2.64. The fourth-order valence-electron chi connectivity index (χ4n) is 3.70. The van der Waals surface area contributed by atoms with Crippen molar-refractivity contribution in [3.8, 4) is 0 Å². The second-order valence-corrected chi connectivity index (χ2v) is 6.89. The Morgan fingerprint density at radius 1 is 1.12 bits per heavy atom. The number of likely N-dealkylation sites (N-methyl/N-ethyl adjacent to an activating group) is 1. The summed E-state index contributed by atoms with van der Waals surface area (Å²) in [5.41, 5.74) is 6.36. The van der Waals surface area contributed by atoms with Crippen LogP contribution in [0.4, 0.5) is 0 Å². The Hall–Kier alpha value is -1.59. The van der Waals surface area contributed by atoms with Gasteiger partial charge in [-0.25, -0.2) is 0 Å². The van der Waals surface area contributed by atoms with E-state index >= 15 is 0 Å². The third-order valence-corrected chi connectivity index (χ3v) is 5.18. The molecule has 26 heavy (non-hydrogen) atoms. The second-order valence-electron chi connectivity index (χ2n) is 6.89. The number of halogens is 1. The third kappa shape index (κ3) is 5.45. The van der Waals surface area contributed by atoms with E-state index in [-0.39, 0.29) is 36.7 Å². The van der Waals surface area contributed by atoms with Crippen LogP contribution in [0.1, 0.15) is 64.0 Å². The number of nitrogens with zero attached hydrogens (tertiary/aromatic N) is 1. The molecule has 3 N–H and O–H groups in total. The van der Waals surface area contributed by atoms with Crippen LogP contribution in [0, 0.1) is 0 Å². The zero-order valence-electron chi connectivity index (χ0n) is 15.9. The Morgan fingerprint density at radius 3 is 2.23 bits per heavy atom. The lowest BCUT2D eigenvalue weighted by Gasteiger charge is -2.40. The molecule has 0 spiro atoms. The smallest absolute Gasteiger partial charge is 0.248 e. The van der Waals surface area contributed by atoms with Gasteiger partial charge >= 0.3 is 0 Å². The Labute approximate surface area is 163 Å². The molecule has 1 aliphatic carbocycles. The maximum absolute atomic E-state index is 13.1. The lowest BCUT2D eigenvalue weighted by atomic mass is 9.80. The predicted octanol–water partition coefficient (Wildman–Crippen LogP) is 3.19. The zero-order chi connectivity index (χ0) is 18.3. The molecule has 0 heterocycles. The van der Waals surface area contributed by atoms with Crippen LogP contribution >= 0.6 is 12.4 Å². The molecule has 2 amide bonds. The molecule has 0 saturated heterocycles. The Kier molecular flexibility index (Phi) is 9.09. The normalized spacial score (nSPS) is 16.9. The van der Waals surface area contributed by atoms with Crippen molar-refractivity contribution >= 4 is 24.2 Å². The number of amides is 2. The number of benzene rings is 1. The van der Waals surface area contributed by atoms with Crippen LogP contribution in [-0.2, 0) is 9.59 Å². The SMILES string of the molecule is CCN(CC)C(=O)C1(NC(=O)CC(N)c2ccccc2)CCCCC1.Cl. The number of carbonyl (C=O) groups is 2. The maximum atomic E-state index is 13.1. The first kappa shape index (κ1) is 22.5. The second kappa shape index (κ2) is 10.5. The van der Waals surface area contributed by atoms with Crippen LogP contribution in [0.25, 0.3) is 0 Å². The lowest BCUT2D eigenvalue weighted by Crippen LogP contribution is -2.60. The highest BCUT2D eigenvalue weighted by atomic mass is 35.5. The summed E-state index contributed by atoms with van der Waals surface area (Å²) in [5.74, 6) is -0.0856. The number of hydrogen-bond donors (Lipinski definition) is 2. The molecule has 1 fully saturated rings. The van der Waals surface area contributed by atoms with Crippen LogP contribution < -0.4 is 11.1 Å². The highest BCUT2D eigenvalue weighted by Crippen LogP contribution is 2.30. The standard InChI is InChI=1S/C20H31N3O2.ClH/c1-3-23(4-2)19(25)20(13-9-6-10-14-20)22-18(24)15-17(21)16-11-7-5-8-12-16;/h5,7-8,11-12,17H,3-4,6,9-10,13-15,21H2,1-2H3,(H,22,24);1H. The van der Waals surface area contributed by atoms with Crippen molar-refractivity contribution in [3.63, 3.8) is 0 Å². The molecule has 1 aromatic carbocycles. The van der Waals surface area contributed by atoms with Crippen molar-refractivity contribution in [3.05, 3.63) is 35.9 Å². The van der Waals surface area contributed by atoms with E-state index in [0.717, 1.165) is 24.8 Å². The van der Waals surface area contributed by atoms with E-state index < -0.39 is 5.54 Å². The van der Waals surface area contributed by atoms with Gasteiger partial charge in [0.1, 0.15) is 5.54 Å². The summed E-state index contributed by atoms with van der Waals surface area (Å²) in [6, 6.07) is 9.26. The quantitative estimate of drug-likeness (QED) is 0.761. The molecule has 0 radical (unpaired) electrons. The summed E-state index contributed by atoms with van der Waals surface area (Å²) in [7, 11) is 0. The van der Waals surface area contributed by atoms with Gasteiger partial charge in [-0.15, -0.1) is 12.4 Å². The van der Waals surface area contributed by atoms with E-state index in [1.54, 1.807) is 0 Å². The van der Waals surface area contributed by atoms with Gasteiger partial charge in [0.2, 0.25) is 11.8 Å². The van der Waals surface area contributed by atoms with Gasteiger partial charge in [-0.1, -0.05) is 49.6 Å². The van der Waals surface area contributed by atoms with E-state index in [1.165, 1.54) is 0 Å². The van der Waals surface area contributed by atoms with E-state index in [2.05, 4.69) is 5.32 Å². The fourth-order valence-corrected chi connectivity index (χ4v) is 3.70. The van der Waals surface area contributed by atoms with Crippen LogP contribution in [0.2, 0.25) is 0 Å². The highest BCUT2D eigenvalue weighted by molar-refractivity contribution is 5.91. The first-order chi connectivity index (χ1) is 12.0. The Morgan fingerprint density at radius 2 is 1.69 bits per heavy atom. The molecule has 5 nitrogen and oxygen atoms in total. The molecule has 2 rings (SSSR count). The van der Waals surface area contributed by atoms with Crippen molar-refractivity contribution in [2.24, 2.45) is 5.73 Å². The maximum Gasteiger partial charge on any atom is 0.248 e. The molecular formula is C20H32ClN3O2. The van der Waals surface area contributed by atoms with Gasteiger partial charge in [0, 0.05) is 25.6 Å². The van der Waals surface area contributed by atoms with E-state index in [1.807, 2.05) is 49.1 Å². The number of carbonyl (C=O) groups excluding carboxylic acids is 2. The fraction of sp³-hybridized carbons (Fsp3) is 0.600. The zero-order valence-corrected chi connectivity index (χ0v) is 16.7. The van der Waals surface area contributed by atoms with Crippen molar-refractivity contribution in [2.75, 3.05) is 13.1 Å². The first-order valence-corrected chi connectivity index (χ1v) is 9.43. The van der Waals surface area contributed by atoms with Crippen molar-refractivity contribution in [1.29, 1.82) is 0 Å². The molecule has 0 aliphatic heterocycles. The molecule has 1 saturated carbocycles. The van der Waals surface area contributed by atoms with Crippen LogP contribution in [0.5, 0.6) is 0 Å².